The highest BCUT2D eigenvalue weighted by Gasteiger charge is 2.30. The molecule has 9 nitrogen and oxygen atoms in total. The molecule has 2 aromatic rings. The zero-order chi connectivity index (χ0) is 20.4. The van der Waals surface area contributed by atoms with Crippen molar-refractivity contribution in [1.29, 1.82) is 0 Å². The lowest BCUT2D eigenvalue weighted by Gasteiger charge is -2.39. The summed E-state index contributed by atoms with van der Waals surface area (Å²) < 4.78 is 40.4. The van der Waals surface area contributed by atoms with E-state index in [1.165, 1.54) is 22.5 Å². The van der Waals surface area contributed by atoms with E-state index in [9.17, 15) is 17.9 Å². The highest BCUT2D eigenvalue weighted by atomic mass is 32.2. The van der Waals surface area contributed by atoms with E-state index < -0.39 is 15.8 Å². The van der Waals surface area contributed by atoms with Crippen molar-refractivity contribution in [3.63, 3.8) is 0 Å². The molecule has 0 amide bonds. The fourth-order valence-corrected chi connectivity index (χ4v) is 4.62. The molecule has 0 N–H and O–H groups in total. The van der Waals surface area contributed by atoms with Gasteiger partial charge in [0.1, 0.15) is 10.7 Å². The maximum Gasteiger partial charge on any atom is 0.246 e. The lowest BCUT2D eigenvalue weighted by atomic mass is 10.2. The van der Waals surface area contributed by atoms with Gasteiger partial charge in [0.05, 0.1) is 0 Å². The van der Waals surface area contributed by atoms with Gasteiger partial charge in [0, 0.05) is 31.4 Å². The molecule has 2 aromatic carbocycles. The summed E-state index contributed by atoms with van der Waals surface area (Å²) in [5, 5.41) is 28.2. The van der Waals surface area contributed by atoms with Gasteiger partial charge < -0.3 is 10.0 Å². The summed E-state index contributed by atoms with van der Waals surface area (Å²) in [4.78, 5) is 1.22. The molecule has 11 heteroatoms. The molecule has 2 heterocycles. The SMILES string of the molecule is O=S(=O)(c1ccccc1F)N1CCN(C([O-])=c2ccc(=C3N=NN=N3)cc2)CC1. The number of nitrogens with zero attached hydrogens (tertiary/aromatic N) is 6. The molecule has 0 aromatic heterocycles. The largest absolute Gasteiger partial charge is 0.860 e. The van der Waals surface area contributed by atoms with Gasteiger partial charge in [-0.2, -0.15) is 4.31 Å². The lowest BCUT2D eigenvalue weighted by molar-refractivity contribution is -0.273. The summed E-state index contributed by atoms with van der Waals surface area (Å²) in [6, 6.07) is 12.0. The number of hydrogen-bond acceptors (Lipinski definition) is 8. The van der Waals surface area contributed by atoms with Crippen molar-refractivity contribution in [2.24, 2.45) is 20.7 Å². The number of benzene rings is 2. The Bertz CT molecular complexity index is 1180. The summed E-state index contributed by atoms with van der Waals surface area (Å²) in [7, 11) is -3.94. The Hall–Kier alpha value is -3.18. The number of sulfonamides is 1. The molecule has 0 spiro atoms. The number of halogens is 1. The Labute approximate surface area is 165 Å². The van der Waals surface area contributed by atoms with Crippen LogP contribution in [0.2, 0.25) is 0 Å². The van der Waals surface area contributed by atoms with Crippen LogP contribution in [-0.4, -0.2) is 43.8 Å². The van der Waals surface area contributed by atoms with Crippen molar-refractivity contribution in [3.8, 4) is 0 Å². The average Bonchev–Trinajstić information content (AvgIpc) is 3.28. The van der Waals surface area contributed by atoms with Gasteiger partial charge >= 0.3 is 0 Å². The molecule has 4 rings (SSSR count). The molecule has 1 fully saturated rings. The first-order chi connectivity index (χ1) is 14.0. The molecule has 29 heavy (non-hydrogen) atoms. The van der Waals surface area contributed by atoms with Gasteiger partial charge in [-0.25, -0.2) is 12.8 Å². The van der Waals surface area contributed by atoms with Gasteiger partial charge in [-0.05, 0) is 33.7 Å². The Morgan fingerprint density at radius 2 is 1.55 bits per heavy atom. The van der Waals surface area contributed by atoms with Crippen molar-refractivity contribution in [1.82, 2.24) is 9.21 Å². The number of rotatable bonds is 3. The van der Waals surface area contributed by atoms with Crippen molar-refractivity contribution in [2.45, 2.75) is 4.90 Å². The van der Waals surface area contributed by atoms with Crippen LogP contribution in [-0.2, 0) is 10.0 Å². The molecule has 2 aliphatic heterocycles. The Morgan fingerprint density at radius 1 is 0.931 bits per heavy atom. The minimum Gasteiger partial charge on any atom is -0.860 e. The highest BCUT2D eigenvalue weighted by molar-refractivity contribution is 7.89. The first-order valence-corrected chi connectivity index (χ1v) is 10.2. The maximum absolute atomic E-state index is 13.9. The fourth-order valence-electron chi connectivity index (χ4n) is 3.13. The Morgan fingerprint density at radius 3 is 2.17 bits per heavy atom. The van der Waals surface area contributed by atoms with Gasteiger partial charge in [-0.3, -0.25) is 0 Å². The number of hydrogen-bond donors (Lipinski definition) is 0. The quantitative estimate of drug-likeness (QED) is 0.710. The minimum absolute atomic E-state index is 0.0964. The lowest BCUT2D eigenvalue weighted by Crippen LogP contribution is -2.50. The molecule has 0 saturated carbocycles. The number of piperazine rings is 1. The van der Waals surface area contributed by atoms with Crippen LogP contribution in [0.25, 0.3) is 11.7 Å². The first kappa shape index (κ1) is 19.2. The van der Waals surface area contributed by atoms with Crippen LogP contribution in [0.5, 0.6) is 0 Å². The molecular weight excluding hydrogens is 399 g/mol. The zero-order valence-electron chi connectivity index (χ0n) is 15.1. The Balaban J connectivity index is 1.52. The van der Waals surface area contributed by atoms with Crippen LogP contribution >= 0.6 is 0 Å². The molecule has 0 bridgehead atoms. The van der Waals surface area contributed by atoms with E-state index in [0.717, 1.165) is 6.07 Å². The van der Waals surface area contributed by atoms with Crippen LogP contribution in [0, 0.1) is 5.82 Å². The molecule has 1 saturated heterocycles. The molecular formula is C18H16FN6O3S-. The van der Waals surface area contributed by atoms with Gasteiger partial charge in [-0.1, -0.05) is 36.4 Å². The molecule has 0 aliphatic carbocycles. The van der Waals surface area contributed by atoms with E-state index >= 15 is 0 Å². The second-order valence-electron chi connectivity index (χ2n) is 6.41. The fraction of sp³-hybridized carbons (Fsp3) is 0.222. The standard InChI is InChI=1S/C18H17FN6O3S/c19-15-3-1-2-4-16(15)29(27,28)25-11-9-24(10-12-25)18(26)14-7-5-13(6-8-14)17-20-22-23-21-17/h1-8,26H,9-12H2/p-1. The molecule has 150 valence electrons. The van der Waals surface area contributed by atoms with E-state index in [4.69, 9.17) is 0 Å². The molecule has 0 radical (unpaired) electrons. The van der Waals surface area contributed by atoms with Crippen LogP contribution in [0.3, 0.4) is 0 Å². The van der Waals surface area contributed by atoms with Crippen molar-refractivity contribution in [3.05, 3.63) is 64.8 Å². The third-order valence-electron chi connectivity index (χ3n) is 4.69. The van der Waals surface area contributed by atoms with Crippen LogP contribution < -0.4 is 15.5 Å². The molecule has 2 aliphatic rings. The summed E-state index contributed by atoms with van der Waals surface area (Å²) >= 11 is 0. The van der Waals surface area contributed by atoms with E-state index in [2.05, 4.69) is 20.7 Å². The van der Waals surface area contributed by atoms with Gasteiger partial charge in [0.25, 0.3) is 0 Å². The summed E-state index contributed by atoms with van der Waals surface area (Å²) in [6.45, 7) is 0.626. The van der Waals surface area contributed by atoms with Crippen LogP contribution in [0.4, 0.5) is 4.39 Å². The first-order valence-electron chi connectivity index (χ1n) is 8.80. The molecule has 0 unspecified atom stereocenters. The van der Waals surface area contributed by atoms with Gasteiger partial charge in [0.2, 0.25) is 15.8 Å². The van der Waals surface area contributed by atoms with Crippen molar-refractivity contribution >= 4 is 21.7 Å². The Kier molecular flexibility index (Phi) is 5.07. The van der Waals surface area contributed by atoms with E-state index in [-0.39, 0.29) is 37.0 Å². The third-order valence-corrected chi connectivity index (χ3v) is 6.62. The van der Waals surface area contributed by atoms with Crippen molar-refractivity contribution < 1.29 is 17.9 Å². The topological polar surface area (TPSA) is 113 Å². The van der Waals surface area contributed by atoms with Gasteiger partial charge in [0.15, 0.2) is 0 Å². The smallest absolute Gasteiger partial charge is 0.246 e. The normalized spacial score (nSPS) is 17.1. The predicted molar refractivity (Wildman–Crippen MR) is 99.0 cm³/mol. The summed E-state index contributed by atoms with van der Waals surface area (Å²) in [5.74, 6) is -0.625. The van der Waals surface area contributed by atoms with Crippen LogP contribution in [0.1, 0.15) is 0 Å². The predicted octanol–water partition coefficient (Wildman–Crippen LogP) is 0.157. The van der Waals surface area contributed by atoms with Gasteiger partial charge in [-0.15, -0.1) is 10.2 Å². The van der Waals surface area contributed by atoms with E-state index in [0.29, 0.717) is 16.3 Å². The minimum atomic E-state index is -3.94. The maximum atomic E-state index is 13.9. The van der Waals surface area contributed by atoms with Crippen molar-refractivity contribution in [2.75, 3.05) is 26.2 Å². The summed E-state index contributed by atoms with van der Waals surface area (Å²) in [6.07, 6.45) is 0. The average molecular weight is 415 g/mol. The zero-order valence-corrected chi connectivity index (χ0v) is 16.0. The van der Waals surface area contributed by atoms with E-state index in [1.54, 1.807) is 29.2 Å². The summed E-state index contributed by atoms with van der Waals surface area (Å²) in [5.41, 5.74) is 0. The van der Waals surface area contributed by atoms with Crippen LogP contribution in [0.15, 0.2) is 74.1 Å². The second kappa shape index (κ2) is 7.68. The molecule has 0 atom stereocenters. The second-order valence-corrected chi connectivity index (χ2v) is 8.31. The third kappa shape index (κ3) is 3.74. The van der Waals surface area contributed by atoms with E-state index in [1.807, 2.05) is 0 Å². The highest BCUT2D eigenvalue weighted by Crippen LogP contribution is 2.20. The monoisotopic (exact) mass is 415 g/mol.